The number of rotatable bonds is 6. The number of aryl methyl sites for hydroxylation is 3. The van der Waals surface area contributed by atoms with Crippen LogP contribution in [-0.4, -0.2) is 25.9 Å². The molecule has 0 fully saturated rings. The smallest absolute Gasteiger partial charge is 0.105 e. The lowest BCUT2D eigenvalue weighted by molar-refractivity contribution is 0.607. The van der Waals surface area contributed by atoms with Gasteiger partial charge < -0.3 is 9.88 Å². The lowest BCUT2D eigenvalue weighted by Gasteiger charge is -2.09. The van der Waals surface area contributed by atoms with E-state index >= 15 is 0 Å². The molecule has 5 nitrogen and oxygen atoms in total. The number of nitrogens with zero attached hydrogens (tertiary/aromatic N) is 4. The van der Waals surface area contributed by atoms with Crippen molar-refractivity contribution >= 4 is 0 Å². The number of imidazole rings is 1. The summed E-state index contributed by atoms with van der Waals surface area (Å²) < 4.78 is 4.12. The molecule has 1 N–H and O–H groups in total. The van der Waals surface area contributed by atoms with E-state index in [0.717, 1.165) is 31.9 Å². The maximum atomic E-state index is 4.39. The minimum absolute atomic E-state index is 0.879. The topological polar surface area (TPSA) is 47.7 Å². The molecule has 0 amide bonds. The fourth-order valence-electron chi connectivity index (χ4n) is 2.06. The van der Waals surface area contributed by atoms with Gasteiger partial charge in [0.1, 0.15) is 5.82 Å². The van der Waals surface area contributed by atoms with Crippen LogP contribution in [0.4, 0.5) is 0 Å². The summed E-state index contributed by atoms with van der Waals surface area (Å²) in [6.45, 7) is 6.98. The molecule has 0 aliphatic heterocycles. The Morgan fingerprint density at radius 1 is 1.33 bits per heavy atom. The molecule has 2 heterocycles. The van der Waals surface area contributed by atoms with Gasteiger partial charge in [-0.1, -0.05) is 6.92 Å². The summed E-state index contributed by atoms with van der Waals surface area (Å²) in [5, 5.41) is 7.53. The molecule has 0 unspecified atom stereocenters. The maximum Gasteiger partial charge on any atom is 0.105 e. The molecule has 0 atom stereocenters. The zero-order valence-electron chi connectivity index (χ0n) is 11.3. The van der Waals surface area contributed by atoms with Gasteiger partial charge in [0.25, 0.3) is 0 Å². The second kappa shape index (κ2) is 5.82. The molecule has 0 radical (unpaired) electrons. The third kappa shape index (κ3) is 2.98. The molecule has 0 aliphatic carbocycles. The van der Waals surface area contributed by atoms with Crippen LogP contribution in [0.2, 0.25) is 0 Å². The van der Waals surface area contributed by atoms with Crippen LogP contribution < -0.4 is 5.32 Å². The van der Waals surface area contributed by atoms with Crippen molar-refractivity contribution in [1.29, 1.82) is 0 Å². The largest absolute Gasteiger partial charge is 0.331 e. The third-order valence-corrected chi connectivity index (χ3v) is 3.08. The first-order valence-corrected chi connectivity index (χ1v) is 6.40. The molecule has 2 aromatic heterocycles. The summed E-state index contributed by atoms with van der Waals surface area (Å²) in [6.07, 6.45) is 6.94. The van der Waals surface area contributed by atoms with Crippen molar-refractivity contribution < 1.29 is 0 Å². The van der Waals surface area contributed by atoms with Gasteiger partial charge in [-0.15, -0.1) is 0 Å². The summed E-state index contributed by atoms with van der Waals surface area (Å²) in [5.74, 6) is 1.08. The number of hydrogen-bond acceptors (Lipinski definition) is 3. The molecule has 0 saturated carbocycles. The molecule has 2 aromatic rings. The Morgan fingerprint density at radius 3 is 2.83 bits per heavy atom. The third-order valence-electron chi connectivity index (χ3n) is 3.08. The van der Waals surface area contributed by atoms with E-state index in [1.54, 1.807) is 0 Å². The second-order valence-electron chi connectivity index (χ2n) is 4.50. The standard InChI is InChI=1S/C13H21N5/c1-4-14-8-13-9-15-11(2)18(13)6-5-12-7-16-17(3)10-12/h7,9-10,14H,4-6,8H2,1-3H3. The number of nitrogens with one attached hydrogen (secondary N) is 1. The van der Waals surface area contributed by atoms with Crippen LogP contribution in [0, 0.1) is 6.92 Å². The molecule has 0 spiro atoms. The lowest BCUT2D eigenvalue weighted by Crippen LogP contribution is -2.16. The van der Waals surface area contributed by atoms with Crippen molar-refractivity contribution in [2.45, 2.75) is 33.4 Å². The Labute approximate surface area is 108 Å². The van der Waals surface area contributed by atoms with Gasteiger partial charge in [0, 0.05) is 32.5 Å². The minimum atomic E-state index is 0.879. The molecule has 5 heteroatoms. The highest BCUT2D eigenvalue weighted by atomic mass is 15.2. The van der Waals surface area contributed by atoms with Crippen LogP contribution in [-0.2, 0) is 26.6 Å². The van der Waals surface area contributed by atoms with Crippen LogP contribution >= 0.6 is 0 Å². The van der Waals surface area contributed by atoms with E-state index in [-0.39, 0.29) is 0 Å². The van der Waals surface area contributed by atoms with E-state index in [2.05, 4.69) is 40.0 Å². The fraction of sp³-hybridized carbons (Fsp3) is 0.538. The van der Waals surface area contributed by atoms with E-state index in [9.17, 15) is 0 Å². The lowest BCUT2D eigenvalue weighted by atomic mass is 10.2. The van der Waals surface area contributed by atoms with Crippen LogP contribution in [0.15, 0.2) is 18.6 Å². The van der Waals surface area contributed by atoms with Gasteiger partial charge in [-0.05, 0) is 25.5 Å². The minimum Gasteiger partial charge on any atom is -0.331 e. The summed E-state index contributed by atoms with van der Waals surface area (Å²) in [4.78, 5) is 4.39. The highest BCUT2D eigenvalue weighted by Gasteiger charge is 2.06. The molecule has 0 aromatic carbocycles. The average molecular weight is 247 g/mol. The van der Waals surface area contributed by atoms with E-state index in [0.29, 0.717) is 0 Å². The summed E-state index contributed by atoms with van der Waals surface area (Å²) in [5.41, 5.74) is 2.51. The van der Waals surface area contributed by atoms with E-state index in [1.807, 2.05) is 24.1 Å². The van der Waals surface area contributed by atoms with Crippen molar-refractivity contribution in [3.63, 3.8) is 0 Å². The Morgan fingerprint density at radius 2 is 2.17 bits per heavy atom. The normalized spacial score (nSPS) is 11.1. The zero-order valence-corrected chi connectivity index (χ0v) is 11.3. The average Bonchev–Trinajstić information content (AvgIpc) is 2.91. The first kappa shape index (κ1) is 12.8. The van der Waals surface area contributed by atoms with Crippen molar-refractivity contribution in [2.75, 3.05) is 6.54 Å². The SMILES string of the molecule is CCNCc1cnc(C)n1CCc1cnn(C)c1. The Kier molecular flexibility index (Phi) is 4.15. The van der Waals surface area contributed by atoms with Gasteiger partial charge in [-0.2, -0.15) is 5.10 Å². The van der Waals surface area contributed by atoms with Crippen LogP contribution in [0.25, 0.3) is 0 Å². The van der Waals surface area contributed by atoms with Gasteiger partial charge >= 0.3 is 0 Å². The molecule has 0 aliphatic rings. The molecule has 98 valence electrons. The van der Waals surface area contributed by atoms with Gasteiger partial charge in [0.15, 0.2) is 0 Å². The quantitative estimate of drug-likeness (QED) is 0.836. The highest BCUT2D eigenvalue weighted by Crippen LogP contribution is 2.07. The second-order valence-corrected chi connectivity index (χ2v) is 4.50. The summed E-state index contributed by atoms with van der Waals surface area (Å²) >= 11 is 0. The predicted octanol–water partition coefficient (Wildman–Crippen LogP) is 1.28. The monoisotopic (exact) mass is 247 g/mol. The van der Waals surface area contributed by atoms with Crippen LogP contribution in [0.5, 0.6) is 0 Å². The molecule has 18 heavy (non-hydrogen) atoms. The highest BCUT2D eigenvalue weighted by molar-refractivity contribution is 5.08. The van der Waals surface area contributed by atoms with Gasteiger partial charge in [-0.3, -0.25) is 4.68 Å². The zero-order chi connectivity index (χ0) is 13.0. The summed E-state index contributed by atoms with van der Waals surface area (Å²) in [7, 11) is 1.95. The molecule has 2 rings (SSSR count). The predicted molar refractivity (Wildman–Crippen MR) is 71.3 cm³/mol. The van der Waals surface area contributed by atoms with Crippen molar-refractivity contribution in [3.05, 3.63) is 35.7 Å². The van der Waals surface area contributed by atoms with Gasteiger partial charge in [0.2, 0.25) is 0 Å². The molecule has 0 bridgehead atoms. The Bertz CT molecular complexity index is 497. The Hall–Kier alpha value is -1.62. The molecule has 0 saturated heterocycles. The van der Waals surface area contributed by atoms with E-state index in [1.165, 1.54) is 11.3 Å². The van der Waals surface area contributed by atoms with Crippen molar-refractivity contribution in [3.8, 4) is 0 Å². The van der Waals surface area contributed by atoms with Gasteiger partial charge in [0.05, 0.1) is 11.9 Å². The Balaban J connectivity index is 2.01. The van der Waals surface area contributed by atoms with Crippen LogP contribution in [0.1, 0.15) is 24.0 Å². The van der Waals surface area contributed by atoms with Crippen molar-refractivity contribution in [2.24, 2.45) is 7.05 Å². The first-order chi connectivity index (χ1) is 8.70. The first-order valence-electron chi connectivity index (χ1n) is 6.40. The fourth-order valence-corrected chi connectivity index (χ4v) is 2.06. The van der Waals surface area contributed by atoms with E-state index in [4.69, 9.17) is 0 Å². The molecular formula is C13H21N5. The van der Waals surface area contributed by atoms with E-state index < -0.39 is 0 Å². The molecular weight excluding hydrogens is 226 g/mol. The summed E-state index contributed by atoms with van der Waals surface area (Å²) in [6, 6.07) is 0. The van der Waals surface area contributed by atoms with Gasteiger partial charge in [-0.25, -0.2) is 4.98 Å². The van der Waals surface area contributed by atoms with Crippen LogP contribution in [0.3, 0.4) is 0 Å². The number of aromatic nitrogens is 4. The van der Waals surface area contributed by atoms with Crippen molar-refractivity contribution in [1.82, 2.24) is 24.6 Å². The number of hydrogen-bond donors (Lipinski definition) is 1. The maximum absolute atomic E-state index is 4.39.